The number of aliphatic hydroxyl groups is 1. The normalized spacial score (nSPS) is 12.2. The molecule has 0 atom stereocenters. The number of pyridine rings is 1. The van der Waals surface area contributed by atoms with Gasteiger partial charge in [-0.05, 0) is 19.1 Å². The Morgan fingerprint density at radius 1 is 1.29 bits per heavy atom. The molecule has 106 valence electrons. The van der Waals surface area contributed by atoms with E-state index in [0.29, 0.717) is 11.6 Å². The zero-order valence-electron chi connectivity index (χ0n) is 11.3. The van der Waals surface area contributed by atoms with Crippen LogP contribution < -0.4 is 5.73 Å². The number of allylic oxidation sites excluding steroid dienone is 1. The topological polar surface area (TPSA) is 114 Å². The zero-order chi connectivity index (χ0) is 15.2. The largest absolute Gasteiger partial charge is 0.512 e. The smallest absolute Gasteiger partial charge is 0.253 e. The third-order valence-corrected chi connectivity index (χ3v) is 2.56. The molecule has 0 aliphatic rings. The highest BCUT2D eigenvalue weighted by Crippen LogP contribution is 2.16. The number of hydrogen-bond donors (Lipinski definition) is 2. The maximum absolute atomic E-state index is 11.1. The van der Waals surface area contributed by atoms with E-state index in [4.69, 9.17) is 5.73 Å². The Hall–Kier alpha value is -3.09. The summed E-state index contributed by atoms with van der Waals surface area (Å²) in [5.41, 5.74) is 5.86. The SMILES string of the molecule is C/C(O)=C(/C=Nc1ccnc(-c2ccncc2)n1)C(N)=O. The molecule has 0 spiro atoms. The van der Waals surface area contributed by atoms with Crippen molar-refractivity contribution in [3.8, 4) is 11.4 Å². The van der Waals surface area contributed by atoms with Crippen molar-refractivity contribution >= 4 is 17.9 Å². The fourth-order valence-electron chi connectivity index (χ4n) is 1.53. The van der Waals surface area contributed by atoms with Gasteiger partial charge in [-0.1, -0.05) is 0 Å². The number of hydrogen-bond acceptors (Lipinski definition) is 6. The van der Waals surface area contributed by atoms with E-state index in [1.54, 1.807) is 36.8 Å². The minimum Gasteiger partial charge on any atom is -0.512 e. The highest BCUT2D eigenvalue weighted by Gasteiger charge is 2.06. The molecule has 0 saturated carbocycles. The van der Waals surface area contributed by atoms with E-state index in [9.17, 15) is 9.90 Å². The van der Waals surface area contributed by atoms with Crippen molar-refractivity contribution in [2.75, 3.05) is 0 Å². The van der Waals surface area contributed by atoms with Gasteiger partial charge in [-0.2, -0.15) is 0 Å². The van der Waals surface area contributed by atoms with Gasteiger partial charge in [-0.3, -0.25) is 9.78 Å². The van der Waals surface area contributed by atoms with Gasteiger partial charge in [0, 0.05) is 36.4 Å². The van der Waals surface area contributed by atoms with E-state index in [0.717, 1.165) is 5.56 Å². The summed E-state index contributed by atoms with van der Waals surface area (Å²) in [4.78, 5) is 27.5. The van der Waals surface area contributed by atoms with Crippen LogP contribution in [0.4, 0.5) is 5.82 Å². The van der Waals surface area contributed by atoms with Crippen LogP contribution in [-0.4, -0.2) is 32.2 Å². The molecule has 2 aromatic rings. The highest BCUT2D eigenvalue weighted by molar-refractivity contribution is 6.12. The quantitative estimate of drug-likeness (QED) is 0.502. The first-order chi connectivity index (χ1) is 10.1. The Balaban J connectivity index is 2.31. The number of carbonyl (C=O) groups is 1. The van der Waals surface area contributed by atoms with Crippen molar-refractivity contribution in [2.24, 2.45) is 10.7 Å². The summed E-state index contributed by atoms with van der Waals surface area (Å²) < 4.78 is 0. The average Bonchev–Trinajstić information content (AvgIpc) is 2.48. The molecule has 0 fully saturated rings. The van der Waals surface area contributed by atoms with Gasteiger partial charge in [0.1, 0.15) is 5.76 Å². The third-order valence-electron chi connectivity index (χ3n) is 2.56. The lowest BCUT2D eigenvalue weighted by Crippen LogP contribution is -2.16. The molecule has 7 heteroatoms. The number of aliphatic hydroxyl groups excluding tert-OH is 1. The second-order valence-electron chi connectivity index (χ2n) is 4.10. The van der Waals surface area contributed by atoms with Crippen LogP contribution in [0, 0.1) is 0 Å². The number of carbonyl (C=O) groups excluding carboxylic acids is 1. The van der Waals surface area contributed by atoms with Crippen LogP contribution in [0.25, 0.3) is 11.4 Å². The van der Waals surface area contributed by atoms with Gasteiger partial charge in [-0.25, -0.2) is 15.0 Å². The van der Waals surface area contributed by atoms with E-state index < -0.39 is 5.91 Å². The summed E-state index contributed by atoms with van der Waals surface area (Å²) >= 11 is 0. The highest BCUT2D eigenvalue weighted by atomic mass is 16.3. The molecule has 7 nitrogen and oxygen atoms in total. The predicted octanol–water partition coefficient (Wildman–Crippen LogP) is 1.56. The molecule has 0 aromatic carbocycles. The molecule has 2 heterocycles. The van der Waals surface area contributed by atoms with Crippen molar-refractivity contribution < 1.29 is 9.90 Å². The Kier molecular flexibility index (Phi) is 4.35. The molecule has 0 saturated heterocycles. The third kappa shape index (κ3) is 3.69. The summed E-state index contributed by atoms with van der Waals surface area (Å²) in [6, 6.07) is 5.12. The van der Waals surface area contributed by atoms with Crippen LogP contribution in [0.2, 0.25) is 0 Å². The molecule has 0 aliphatic carbocycles. The van der Waals surface area contributed by atoms with Crippen LogP contribution in [0.5, 0.6) is 0 Å². The Morgan fingerprint density at radius 3 is 2.62 bits per heavy atom. The van der Waals surface area contributed by atoms with Gasteiger partial charge in [0.2, 0.25) is 0 Å². The van der Waals surface area contributed by atoms with Crippen molar-refractivity contribution in [3.63, 3.8) is 0 Å². The number of rotatable bonds is 4. The first-order valence-corrected chi connectivity index (χ1v) is 6.05. The number of amides is 1. The Bertz CT molecular complexity index is 706. The van der Waals surface area contributed by atoms with E-state index in [1.165, 1.54) is 13.1 Å². The fraction of sp³-hybridized carbons (Fsp3) is 0.0714. The van der Waals surface area contributed by atoms with Gasteiger partial charge in [0.25, 0.3) is 5.91 Å². The van der Waals surface area contributed by atoms with E-state index in [-0.39, 0.29) is 11.3 Å². The zero-order valence-corrected chi connectivity index (χ0v) is 11.3. The molecule has 2 aromatic heterocycles. The fourth-order valence-corrected chi connectivity index (χ4v) is 1.53. The van der Waals surface area contributed by atoms with E-state index >= 15 is 0 Å². The van der Waals surface area contributed by atoms with Crippen LogP contribution in [0.3, 0.4) is 0 Å². The molecule has 0 bridgehead atoms. The maximum atomic E-state index is 11.1. The second-order valence-corrected chi connectivity index (χ2v) is 4.10. The standard InChI is InChI=1S/C14H13N5O2/c1-9(20)11(13(15)21)8-18-12-4-7-17-14(19-12)10-2-5-16-6-3-10/h2-8,20H,1H3,(H2,15,21)/b11-9+,18-8?. The monoisotopic (exact) mass is 283 g/mol. The van der Waals surface area contributed by atoms with Crippen LogP contribution in [-0.2, 0) is 4.79 Å². The molecular weight excluding hydrogens is 270 g/mol. The van der Waals surface area contributed by atoms with Crippen molar-refractivity contribution in [1.29, 1.82) is 0 Å². The Morgan fingerprint density at radius 2 is 2.00 bits per heavy atom. The summed E-state index contributed by atoms with van der Waals surface area (Å²) in [5.74, 6) is -0.133. The van der Waals surface area contributed by atoms with Gasteiger partial charge in [0.15, 0.2) is 11.6 Å². The molecule has 0 aliphatic heterocycles. The number of primary amides is 1. The number of nitrogens with zero attached hydrogens (tertiary/aromatic N) is 4. The van der Waals surface area contributed by atoms with Crippen molar-refractivity contribution in [3.05, 3.63) is 48.1 Å². The summed E-state index contributed by atoms with van der Waals surface area (Å²) in [6.07, 6.45) is 6.00. The lowest BCUT2D eigenvalue weighted by atomic mass is 10.2. The maximum Gasteiger partial charge on any atom is 0.253 e. The van der Waals surface area contributed by atoms with E-state index in [2.05, 4.69) is 19.9 Å². The van der Waals surface area contributed by atoms with Gasteiger partial charge < -0.3 is 10.8 Å². The molecule has 0 unspecified atom stereocenters. The minimum atomic E-state index is -0.762. The van der Waals surface area contributed by atoms with Crippen LogP contribution >= 0.6 is 0 Å². The molecule has 21 heavy (non-hydrogen) atoms. The number of nitrogens with two attached hydrogens (primary N) is 1. The van der Waals surface area contributed by atoms with Crippen LogP contribution in [0.15, 0.2) is 53.1 Å². The summed E-state index contributed by atoms with van der Waals surface area (Å²) in [7, 11) is 0. The van der Waals surface area contributed by atoms with Gasteiger partial charge in [0.05, 0.1) is 5.57 Å². The molecule has 2 rings (SSSR count). The molecular formula is C14H13N5O2. The first-order valence-electron chi connectivity index (χ1n) is 6.05. The minimum absolute atomic E-state index is 0.0703. The number of aliphatic imine (C=N–C) groups is 1. The van der Waals surface area contributed by atoms with Crippen molar-refractivity contribution in [2.45, 2.75) is 6.92 Å². The van der Waals surface area contributed by atoms with Gasteiger partial charge in [-0.15, -0.1) is 0 Å². The second kappa shape index (κ2) is 6.38. The van der Waals surface area contributed by atoms with Crippen molar-refractivity contribution in [1.82, 2.24) is 15.0 Å². The van der Waals surface area contributed by atoms with Crippen LogP contribution in [0.1, 0.15) is 6.92 Å². The lowest BCUT2D eigenvalue weighted by molar-refractivity contribution is -0.114. The summed E-state index contributed by atoms with van der Waals surface area (Å²) in [6.45, 7) is 1.36. The first kappa shape index (κ1) is 14.3. The predicted molar refractivity (Wildman–Crippen MR) is 77.9 cm³/mol. The molecule has 0 radical (unpaired) electrons. The lowest BCUT2D eigenvalue weighted by Gasteiger charge is -2.00. The van der Waals surface area contributed by atoms with Gasteiger partial charge >= 0.3 is 0 Å². The molecule has 1 amide bonds. The average molecular weight is 283 g/mol. The van der Waals surface area contributed by atoms with E-state index in [1.807, 2.05) is 0 Å². The summed E-state index contributed by atoms with van der Waals surface area (Å²) in [5, 5.41) is 9.34. The molecule has 3 N–H and O–H groups in total. The number of aromatic nitrogens is 3. The Labute approximate surface area is 120 Å².